The first-order chi connectivity index (χ1) is 6.66. The van der Waals surface area contributed by atoms with Gasteiger partial charge >= 0.3 is 5.97 Å². The molecule has 82 valence electrons. The fourth-order valence-electron chi connectivity index (χ4n) is 1.21. The highest BCUT2D eigenvalue weighted by molar-refractivity contribution is 5.66. The van der Waals surface area contributed by atoms with E-state index in [0.717, 1.165) is 19.3 Å². The second-order valence-corrected chi connectivity index (χ2v) is 3.40. The number of aliphatic hydroxyl groups excluding tert-OH is 1. The normalized spacial score (nSPS) is 13.3. The summed E-state index contributed by atoms with van der Waals surface area (Å²) in [7, 11) is 0. The molecule has 0 aromatic rings. The molecular formula is C11H20O3. The van der Waals surface area contributed by atoms with Crippen molar-refractivity contribution in [1.82, 2.24) is 0 Å². The minimum Gasteiger partial charge on any atom is -0.481 e. The molecule has 0 saturated heterocycles. The molecule has 0 aromatic carbocycles. The molecule has 2 N–H and O–H groups in total. The molecule has 14 heavy (non-hydrogen) atoms. The Hall–Kier alpha value is -0.830. The lowest BCUT2D eigenvalue weighted by atomic mass is 10.1. The molecule has 0 aliphatic rings. The number of carboxylic acids is 1. The predicted molar refractivity (Wildman–Crippen MR) is 56.2 cm³/mol. The summed E-state index contributed by atoms with van der Waals surface area (Å²) in [5.74, 6) is -0.789. The van der Waals surface area contributed by atoms with Crippen LogP contribution in [-0.2, 0) is 4.79 Å². The van der Waals surface area contributed by atoms with Crippen molar-refractivity contribution in [2.24, 2.45) is 0 Å². The van der Waals surface area contributed by atoms with Crippen molar-refractivity contribution in [3.05, 3.63) is 12.2 Å². The van der Waals surface area contributed by atoms with Crippen molar-refractivity contribution in [1.29, 1.82) is 0 Å². The van der Waals surface area contributed by atoms with Crippen LogP contribution in [0.25, 0.3) is 0 Å². The SMILES string of the molecule is CC/C=C/CCC(O)CCCC(=O)O. The summed E-state index contributed by atoms with van der Waals surface area (Å²) in [6.07, 6.45) is 7.72. The van der Waals surface area contributed by atoms with Gasteiger partial charge in [-0.2, -0.15) is 0 Å². The zero-order chi connectivity index (χ0) is 10.8. The average molecular weight is 200 g/mol. The molecule has 0 saturated carbocycles. The van der Waals surface area contributed by atoms with E-state index >= 15 is 0 Å². The van der Waals surface area contributed by atoms with Gasteiger partial charge in [-0.1, -0.05) is 19.1 Å². The van der Waals surface area contributed by atoms with E-state index in [-0.39, 0.29) is 12.5 Å². The van der Waals surface area contributed by atoms with Gasteiger partial charge in [0.2, 0.25) is 0 Å². The molecule has 0 aliphatic heterocycles. The number of hydrogen-bond acceptors (Lipinski definition) is 2. The zero-order valence-electron chi connectivity index (χ0n) is 8.78. The second-order valence-electron chi connectivity index (χ2n) is 3.40. The van der Waals surface area contributed by atoms with Crippen LogP contribution in [0.1, 0.15) is 45.4 Å². The van der Waals surface area contributed by atoms with Crippen molar-refractivity contribution in [2.75, 3.05) is 0 Å². The molecule has 0 rings (SSSR count). The van der Waals surface area contributed by atoms with E-state index in [1.54, 1.807) is 0 Å². The zero-order valence-corrected chi connectivity index (χ0v) is 8.78. The number of rotatable bonds is 8. The van der Waals surface area contributed by atoms with Crippen molar-refractivity contribution in [3.63, 3.8) is 0 Å². The fraction of sp³-hybridized carbons (Fsp3) is 0.727. The van der Waals surface area contributed by atoms with Crippen LogP contribution in [0.15, 0.2) is 12.2 Å². The Labute approximate surface area is 85.4 Å². The van der Waals surface area contributed by atoms with E-state index in [9.17, 15) is 9.90 Å². The third-order valence-electron chi connectivity index (χ3n) is 2.00. The van der Waals surface area contributed by atoms with Crippen LogP contribution in [0.2, 0.25) is 0 Å². The molecule has 0 bridgehead atoms. The molecule has 3 heteroatoms. The maximum Gasteiger partial charge on any atom is 0.303 e. The van der Waals surface area contributed by atoms with Crippen LogP contribution < -0.4 is 0 Å². The maximum absolute atomic E-state index is 10.2. The van der Waals surface area contributed by atoms with Crippen molar-refractivity contribution in [2.45, 2.75) is 51.6 Å². The number of aliphatic carboxylic acids is 1. The minimum atomic E-state index is -0.789. The maximum atomic E-state index is 10.2. The molecule has 0 aromatic heterocycles. The summed E-state index contributed by atoms with van der Waals surface area (Å²) in [4.78, 5) is 10.2. The summed E-state index contributed by atoms with van der Waals surface area (Å²) in [6, 6.07) is 0. The van der Waals surface area contributed by atoms with Crippen molar-refractivity contribution < 1.29 is 15.0 Å². The topological polar surface area (TPSA) is 57.5 Å². The Morgan fingerprint density at radius 3 is 2.64 bits per heavy atom. The highest BCUT2D eigenvalue weighted by atomic mass is 16.4. The Bertz CT molecular complexity index is 175. The van der Waals surface area contributed by atoms with E-state index in [4.69, 9.17) is 5.11 Å². The van der Waals surface area contributed by atoms with Gasteiger partial charge in [-0.05, 0) is 32.1 Å². The van der Waals surface area contributed by atoms with E-state index in [2.05, 4.69) is 19.1 Å². The molecule has 0 fully saturated rings. The Kier molecular flexibility index (Phi) is 8.24. The van der Waals surface area contributed by atoms with E-state index in [0.29, 0.717) is 12.8 Å². The lowest BCUT2D eigenvalue weighted by Crippen LogP contribution is -2.06. The molecule has 0 aliphatic carbocycles. The van der Waals surface area contributed by atoms with Crippen LogP contribution in [0.3, 0.4) is 0 Å². The van der Waals surface area contributed by atoms with E-state index in [1.807, 2.05) is 0 Å². The summed E-state index contributed by atoms with van der Waals surface area (Å²) in [5, 5.41) is 17.8. The number of hydrogen-bond donors (Lipinski definition) is 2. The highest BCUT2D eigenvalue weighted by Crippen LogP contribution is 2.07. The quantitative estimate of drug-likeness (QED) is 0.591. The standard InChI is InChI=1S/C11H20O3/c1-2-3-4-5-7-10(12)8-6-9-11(13)14/h3-4,10,12H,2,5-9H2,1H3,(H,13,14)/b4-3+. The fourth-order valence-corrected chi connectivity index (χ4v) is 1.21. The summed E-state index contributed by atoms with van der Waals surface area (Å²) >= 11 is 0. The summed E-state index contributed by atoms with van der Waals surface area (Å²) in [5.41, 5.74) is 0. The van der Waals surface area contributed by atoms with Crippen LogP contribution in [0, 0.1) is 0 Å². The van der Waals surface area contributed by atoms with E-state index < -0.39 is 5.97 Å². The smallest absolute Gasteiger partial charge is 0.303 e. The van der Waals surface area contributed by atoms with Gasteiger partial charge in [-0.15, -0.1) is 0 Å². The third-order valence-corrected chi connectivity index (χ3v) is 2.00. The molecule has 0 radical (unpaired) electrons. The highest BCUT2D eigenvalue weighted by Gasteiger charge is 2.04. The molecule has 1 atom stereocenters. The number of aliphatic hydroxyl groups is 1. The molecule has 0 heterocycles. The van der Waals surface area contributed by atoms with Crippen LogP contribution in [0.5, 0.6) is 0 Å². The van der Waals surface area contributed by atoms with Gasteiger partial charge in [-0.3, -0.25) is 4.79 Å². The second kappa shape index (κ2) is 8.75. The van der Waals surface area contributed by atoms with Crippen molar-refractivity contribution >= 4 is 5.97 Å². The van der Waals surface area contributed by atoms with Gasteiger partial charge in [0.15, 0.2) is 0 Å². The molecular weight excluding hydrogens is 180 g/mol. The average Bonchev–Trinajstić information content (AvgIpc) is 2.12. The van der Waals surface area contributed by atoms with Crippen LogP contribution in [-0.4, -0.2) is 22.3 Å². The van der Waals surface area contributed by atoms with Gasteiger partial charge in [0.05, 0.1) is 6.10 Å². The van der Waals surface area contributed by atoms with Gasteiger partial charge in [0, 0.05) is 6.42 Å². The Morgan fingerprint density at radius 2 is 2.07 bits per heavy atom. The van der Waals surface area contributed by atoms with Gasteiger partial charge in [0.1, 0.15) is 0 Å². The predicted octanol–water partition coefficient (Wildman–Crippen LogP) is 2.35. The minimum absolute atomic E-state index is 0.155. The van der Waals surface area contributed by atoms with Crippen LogP contribution in [0.4, 0.5) is 0 Å². The largest absolute Gasteiger partial charge is 0.481 e. The lowest BCUT2D eigenvalue weighted by molar-refractivity contribution is -0.137. The van der Waals surface area contributed by atoms with Crippen molar-refractivity contribution in [3.8, 4) is 0 Å². The van der Waals surface area contributed by atoms with Gasteiger partial charge < -0.3 is 10.2 Å². The molecule has 3 nitrogen and oxygen atoms in total. The first-order valence-electron chi connectivity index (χ1n) is 5.21. The van der Waals surface area contributed by atoms with E-state index in [1.165, 1.54) is 0 Å². The van der Waals surface area contributed by atoms with Gasteiger partial charge in [0.25, 0.3) is 0 Å². The monoisotopic (exact) mass is 200 g/mol. The number of carboxylic acid groups (broad SMARTS) is 1. The molecule has 1 unspecified atom stereocenters. The Balaban J connectivity index is 3.32. The summed E-state index contributed by atoms with van der Waals surface area (Å²) < 4.78 is 0. The third kappa shape index (κ3) is 9.26. The first-order valence-corrected chi connectivity index (χ1v) is 5.21. The van der Waals surface area contributed by atoms with Crippen LogP contribution >= 0.6 is 0 Å². The molecule has 0 spiro atoms. The number of carbonyl (C=O) groups is 1. The molecule has 0 amide bonds. The summed E-state index contributed by atoms with van der Waals surface area (Å²) in [6.45, 7) is 2.07. The Morgan fingerprint density at radius 1 is 1.36 bits per heavy atom. The lowest BCUT2D eigenvalue weighted by Gasteiger charge is -2.07. The van der Waals surface area contributed by atoms with Gasteiger partial charge in [-0.25, -0.2) is 0 Å². The number of allylic oxidation sites excluding steroid dienone is 2. The first kappa shape index (κ1) is 13.2.